The third kappa shape index (κ3) is 3.09. The standard InChI is InChI=1S/C13H23N3O/c1-16(9-11-3-2-8-15-11)12-4-6-13(17,10-14)7-5-12/h2-3,8,12,15,17H,4-7,9-10,14H2,1H3. The summed E-state index contributed by atoms with van der Waals surface area (Å²) < 4.78 is 0. The molecule has 0 aliphatic heterocycles. The molecule has 1 aromatic rings. The smallest absolute Gasteiger partial charge is 0.0770 e. The lowest BCUT2D eigenvalue weighted by Crippen LogP contribution is -2.46. The van der Waals surface area contributed by atoms with E-state index in [1.54, 1.807) is 0 Å². The average Bonchev–Trinajstić information content (AvgIpc) is 2.83. The van der Waals surface area contributed by atoms with Crippen molar-refractivity contribution in [3.8, 4) is 0 Å². The van der Waals surface area contributed by atoms with E-state index in [-0.39, 0.29) is 0 Å². The van der Waals surface area contributed by atoms with Crippen molar-refractivity contribution >= 4 is 0 Å². The number of rotatable bonds is 4. The van der Waals surface area contributed by atoms with Crippen LogP contribution in [0.25, 0.3) is 0 Å². The van der Waals surface area contributed by atoms with E-state index >= 15 is 0 Å². The van der Waals surface area contributed by atoms with Crippen molar-refractivity contribution in [2.45, 2.75) is 43.9 Å². The molecule has 1 aliphatic rings. The maximum absolute atomic E-state index is 10.1. The Morgan fingerprint density at radius 3 is 2.76 bits per heavy atom. The number of aromatic amines is 1. The first kappa shape index (κ1) is 12.6. The molecule has 4 heteroatoms. The van der Waals surface area contributed by atoms with Crippen molar-refractivity contribution in [2.75, 3.05) is 13.6 Å². The van der Waals surface area contributed by atoms with Gasteiger partial charge in [0.1, 0.15) is 0 Å². The largest absolute Gasteiger partial charge is 0.389 e. The zero-order chi connectivity index (χ0) is 12.3. The summed E-state index contributed by atoms with van der Waals surface area (Å²) in [5, 5.41) is 10.1. The Balaban J connectivity index is 1.84. The molecule has 0 radical (unpaired) electrons. The second-order valence-electron chi connectivity index (χ2n) is 5.27. The summed E-state index contributed by atoms with van der Waals surface area (Å²) in [4.78, 5) is 5.59. The van der Waals surface area contributed by atoms with Crippen molar-refractivity contribution in [2.24, 2.45) is 5.73 Å². The van der Waals surface area contributed by atoms with E-state index in [0.29, 0.717) is 12.6 Å². The van der Waals surface area contributed by atoms with Gasteiger partial charge in [-0.25, -0.2) is 0 Å². The molecule has 0 spiro atoms. The average molecular weight is 237 g/mol. The molecule has 2 rings (SSSR count). The van der Waals surface area contributed by atoms with Crippen LogP contribution in [0, 0.1) is 0 Å². The number of hydrogen-bond acceptors (Lipinski definition) is 3. The molecule has 1 aromatic heterocycles. The van der Waals surface area contributed by atoms with Crippen molar-refractivity contribution in [1.29, 1.82) is 0 Å². The van der Waals surface area contributed by atoms with Crippen molar-refractivity contribution in [3.05, 3.63) is 24.0 Å². The van der Waals surface area contributed by atoms with Gasteiger partial charge in [0.25, 0.3) is 0 Å². The Morgan fingerprint density at radius 2 is 2.24 bits per heavy atom. The van der Waals surface area contributed by atoms with Gasteiger partial charge in [-0.05, 0) is 44.9 Å². The Bertz CT molecular complexity index is 328. The molecule has 1 fully saturated rings. The Kier molecular flexibility index (Phi) is 3.86. The SMILES string of the molecule is CN(Cc1ccc[nH]1)C1CCC(O)(CN)CC1. The van der Waals surface area contributed by atoms with Crippen LogP contribution in [0.1, 0.15) is 31.4 Å². The van der Waals surface area contributed by atoms with Gasteiger partial charge in [0, 0.05) is 31.0 Å². The number of nitrogens with zero attached hydrogens (tertiary/aromatic N) is 1. The first-order valence-electron chi connectivity index (χ1n) is 6.38. The van der Waals surface area contributed by atoms with Crippen LogP contribution in [0.4, 0.5) is 0 Å². The molecule has 17 heavy (non-hydrogen) atoms. The van der Waals surface area contributed by atoms with Crippen LogP contribution in [-0.4, -0.2) is 40.2 Å². The lowest BCUT2D eigenvalue weighted by atomic mass is 9.82. The molecule has 4 N–H and O–H groups in total. The molecule has 1 saturated carbocycles. The summed E-state index contributed by atoms with van der Waals surface area (Å²) in [6, 6.07) is 4.69. The topological polar surface area (TPSA) is 65.3 Å². The van der Waals surface area contributed by atoms with Crippen molar-refractivity contribution in [3.63, 3.8) is 0 Å². The minimum absolute atomic E-state index is 0.389. The molecular weight excluding hydrogens is 214 g/mol. The molecule has 0 atom stereocenters. The van der Waals surface area contributed by atoms with Crippen LogP contribution in [-0.2, 0) is 6.54 Å². The molecule has 0 amide bonds. The molecule has 0 unspecified atom stereocenters. The van der Waals surface area contributed by atoms with Gasteiger partial charge in [0.2, 0.25) is 0 Å². The molecule has 1 heterocycles. The first-order valence-corrected chi connectivity index (χ1v) is 6.38. The fourth-order valence-electron chi connectivity index (χ4n) is 2.65. The van der Waals surface area contributed by atoms with Crippen molar-refractivity contribution < 1.29 is 5.11 Å². The number of H-pyrrole nitrogens is 1. The van der Waals surface area contributed by atoms with Crippen LogP contribution in [0.15, 0.2) is 18.3 Å². The fourth-order valence-corrected chi connectivity index (χ4v) is 2.65. The van der Waals surface area contributed by atoms with Crippen LogP contribution in [0.2, 0.25) is 0 Å². The Morgan fingerprint density at radius 1 is 1.53 bits per heavy atom. The first-order chi connectivity index (χ1) is 8.13. The predicted octanol–water partition coefficient (Wildman–Crippen LogP) is 1.08. The minimum Gasteiger partial charge on any atom is -0.389 e. The zero-order valence-corrected chi connectivity index (χ0v) is 10.5. The second-order valence-corrected chi connectivity index (χ2v) is 5.27. The van der Waals surface area contributed by atoms with Gasteiger partial charge >= 0.3 is 0 Å². The molecule has 1 aliphatic carbocycles. The van der Waals surface area contributed by atoms with Crippen LogP contribution >= 0.6 is 0 Å². The lowest BCUT2D eigenvalue weighted by Gasteiger charge is -2.38. The lowest BCUT2D eigenvalue weighted by molar-refractivity contribution is -0.0105. The fraction of sp³-hybridized carbons (Fsp3) is 0.692. The zero-order valence-electron chi connectivity index (χ0n) is 10.5. The molecule has 0 bridgehead atoms. The van der Waals surface area contributed by atoms with Gasteiger partial charge < -0.3 is 15.8 Å². The number of aliphatic hydroxyl groups is 1. The maximum atomic E-state index is 10.1. The van der Waals surface area contributed by atoms with Gasteiger partial charge in [-0.15, -0.1) is 0 Å². The molecular formula is C13H23N3O. The van der Waals surface area contributed by atoms with Gasteiger partial charge in [0.15, 0.2) is 0 Å². The Labute approximate surface area is 103 Å². The number of nitrogens with one attached hydrogen (secondary N) is 1. The van der Waals surface area contributed by atoms with E-state index in [4.69, 9.17) is 5.73 Å². The number of aromatic nitrogens is 1. The minimum atomic E-state index is -0.607. The monoisotopic (exact) mass is 237 g/mol. The third-order valence-corrected chi connectivity index (χ3v) is 3.97. The van der Waals surface area contributed by atoms with E-state index in [1.165, 1.54) is 5.69 Å². The van der Waals surface area contributed by atoms with E-state index in [1.807, 2.05) is 12.3 Å². The van der Waals surface area contributed by atoms with Gasteiger partial charge in [-0.2, -0.15) is 0 Å². The molecule has 96 valence electrons. The summed E-state index contributed by atoms with van der Waals surface area (Å²) >= 11 is 0. The quantitative estimate of drug-likeness (QED) is 0.734. The summed E-state index contributed by atoms with van der Waals surface area (Å²) in [5.74, 6) is 0. The molecule has 0 saturated heterocycles. The highest BCUT2D eigenvalue weighted by Crippen LogP contribution is 2.30. The molecule has 0 aromatic carbocycles. The number of hydrogen-bond donors (Lipinski definition) is 3. The highest BCUT2D eigenvalue weighted by atomic mass is 16.3. The van der Waals surface area contributed by atoms with Crippen LogP contribution in [0.5, 0.6) is 0 Å². The van der Waals surface area contributed by atoms with Crippen molar-refractivity contribution in [1.82, 2.24) is 9.88 Å². The predicted molar refractivity (Wildman–Crippen MR) is 68.5 cm³/mol. The summed E-state index contributed by atoms with van der Waals surface area (Å²) in [7, 11) is 2.15. The van der Waals surface area contributed by atoms with E-state index < -0.39 is 5.60 Å². The number of nitrogens with two attached hydrogens (primary N) is 1. The van der Waals surface area contributed by atoms with E-state index in [2.05, 4.69) is 23.0 Å². The van der Waals surface area contributed by atoms with E-state index in [9.17, 15) is 5.11 Å². The van der Waals surface area contributed by atoms with Crippen LogP contribution in [0.3, 0.4) is 0 Å². The second kappa shape index (κ2) is 5.21. The van der Waals surface area contributed by atoms with Gasteiger partial charge in [-0.3, -0.25) is 4.90 Å². The maximum Gasteiger partial charge on any atom is 0.0770 e. The van der Waals surface area contributed by atoms with Crippen LogP contribution < -0.4 is 5.73 Å². The van der Waals surface area contributed by atoms with E-state index in [0.717, 1.165) is 32.2 Å². The van der Waals surface area contributed by atoms with Gasteiger partial charge in [-0.1, -0.05) is 0 Å². The summed E-state index contributed by atoms with van der Waals surface area (Å²) in [5.41, 5.74) is 6.24. The normalized spacial score (nSPS) is 29.8. The summed E-state index contributed by atoms with van der Waals surface area (Å²) in [6.45, 7) is 1.33. The Hall–Kier alpha value is -0.840. The summed E-state index contributed by atoms with van der Waals surface area (Å²) in [6.07, 6.45) is 5.67. The third-order valence-electron chi connectivity index (χ3n) is 3.97. The van der Waals surface area contributed by atoms with Gasteiger partial charge in [0.05, 0.1) is 5.60 Å². The highest BCUT2D eigenvalue weighted by molar-refractivity contribution is 5.03. The molecule has 4 nitrogen and oxygen atoms in total. The highest BCUT2D eigenvalue weighted by Gasteiger charge is 2.33.